The highest BCUT2D eigenvalue weighted by atomic mass is 35.5. The molecule has 4 aromatic rings. The second kappa shape index (κ2) is 9.80. The summed E-state index contributed by atoms with van der Waals surface area (Å²) in [6.45, 7) is 0.418. The molecule has 1 aliphatic heterocycles. The van der Waals surface area contributed by atoms with Crippen molar-refractivity contribution >= 4 is 79.9 Å². The average Bonchev–Trinajstić information content (AvgIpc) is 3.12. The maximum atomic E-state index is 13.4. The lowest BCUT2D eigenvalue weighted by atomic mass is 10.0. The van der Waals surface area contributed by atoms with Gasteiger partial charge in [-0.05, 0) is 46.7 Å². The summed E-state index contributed by atoms with van der Waals surface area (Å²) in [5, 5.41) is 2.90. The molecule has 0 saturated carbocycles. The molecule has 4 aromatic carbocycles. The zero-order valence-electron chi connectivity index (χ0n) is 17.7. The lowest BCUT2D eigenvalue weighted by molar-refractivity contribution is -0.113. The molecule has 1 heterocycles. The van der Waals surface area contributed by atoms with Crippen LogP contribution >= 0.6 is 47.2 Å². The average molecular weight is 522 g/mol. The van der Waals surface area contributed by atoms with E-state index in [0.29, 0.717) is 37.3 Å². The van der Waals surface area contributed by atoms with Crippen LogP contribution in [0.3, 0.4) is 0 Å². The number of hydrogen-bond donors (Lipinski definition) is 0. The number of nitrogens with zero attached hydrogens (tertiary/aromatic N) is 1. The molecule has 168 valence electrons. The van der Waals surface area contributed by atoms with Crippen molar-refractivity contribution < 1.29 is 9.53 Å². The van der Waals surface area contributed by atoms with Crippen LogP contribution in [0.25, 0.3) is 16.8 Å². The molecule has 0 unspecified atom stereocenters. The number of benzene rings is 4. The van der Waals surface area contributed by atoms with Crippen molar-refractivity contribution in [3.63, 3.8) is 0 Å². The molecule has 34 heavy (non-hydrogen) atoms. The summed E-state index contributed by atoms with van der Waals surface area (Å²) in [5.74, 6) is 0.457. The van der Waals surface area contributed by atoms with E-state index in [4.69, 9.17) is 40.2 Å². The number of amides is 1. The van der Waals surface area contributed by atoms with E-state index in [1.807, 2.05) is 72.8 Å². The fourth-order valence-corrected chi connectivity index (χ4v) is 5.51. The van der Waals surface area contributed by atoms with Crippen molar-refractivity contribution in [2.45, 2.75) is 6.61 Å². The molecule has 0 aliphatic carbocycles. The third-order valence-corrected chi connectivity index (χ3v) is 7.23. The zero-order valence-corrected chi connectivity index (χ0v) is 20.8. The van der Waals surface area contributed by atoms with Crippen LogP contribution in [0.15, 0.2) is 89.8 Å². The Morgan fingerprint density at radius 2 is 1.71 bits per heavy atom. The SMILES string of the molecule is O=C1/C(=C/c2c(OCc3ccccc3)ccc3ccccc23)SC(=S)N1c1ccc(Cl)cc1Cl. The number of rotatable bonds is 5. The quantitative estimate of drug-likeness (QED) is 0.196. The summed E-state index contributed by atoms with van der Waals surface area (Å²) < 4.78 is 6.61. The van der Waals surface area contributed by atoms with Gasteiger partial charge in [0.15, 0.2) is 4.32 Å². The summed E-state index contributed by atoms with van der Waals surface area (Å²) in [7, 11) is 0. The molecule has 0 N–H and O–H groups in total. The van der Waals surface area contributed by atoms with Gasteiger partial charge in [-0.25, -0.2) is 0 Å². The van der Waals surface area contributed by atoms with Gasteiger partial charge in [0.05, 0.1) is 15.6 Å². The Balaban J connectivity index is 1.55. The van der Waals surface area contributed by atoms with Crippen LogP contribution in [0.5, 0.6) is 5.75 Å². The number of anilines is 1. The zero-order chi connectivity index (χ0) is 23.7. The molecule has 1 saturated heterocycles. The molecule has 1 amide bonds. The van der Waals surface area contributed by atoms with Gasteiger partial charge in [-0.2, -0.15) is 0 Å². The first-order valence-electron chi connectivity index (χ1n) is 10.4. The lowest BCUT2D eigenvalue weighted by Crippen LogP contribution is -2.27. The van der Waals surface area contributed by atoms with Crippen LogP contribution in [-0.4, -0.2) is 10.2 Å². The molecule has 0 aromatic heterocycles. The topological polar surface area (TPSA) is 29.5 Å². The Kier molecular flexibility index (Phi) is 6.61. The van der Waals surface area contributed by atoms with Crippen LogP contribution < -0.4 is 9.64 Å². The standard InChI is InChI=1S/C27H17Cl2NO2S2/c28-19-11-12-23(22(29)14-19)30-26(31)25(34-27(30)33)15-21-20-9-5-4-8-18(20)10-13-24(21)32-16-17-6-2-1-3-7-17/h1-15H,16H2/b25-15-. The number of hydrogen-bond acceptors (Lipinski definition) is 4. The monoisotopic (exact) mass is 521 g/mol. The predicted octanol–water partition coefficient (Wildman–Crippen LogP) is 8.13. The van der Waals surface area contributed by atoms with E-state index >= 15 is 0 Å². The number of ether oxygens (including phenoxy) is 1. The Labute approximate surface area is 216 Å². The molecule has 0 bridgehead atoms. The summed E-state index contributed by atoms with van der Waals surface area (Å²) in [6, 6.07) is 26.9. The minimum Gasteiger partial charge on any atom is -0.488 e. The van der Waals surface area contributed by atoms with E-state index in [9.17, 15) is 4.79 Å². The molecular formula is C27H17Cl2NO2S2. The van der Waals surface area contributed by atoms with Crippen LogP contribution in [-0.2, 0) is 11.4 Å². The summed E-state index contributed by atoms with van der Waals surface area (Å²) in [5.41, 5.74) is 2.40. The van der Waals surface area contributed by atoms with Crippen molar-refractivity contribution in [2.75, 3.05) is 4.90 Å². The van der Waals surface area contributed by atoms with Crippen molar-refractivity contribution in [1.29, 1.82) is 0 Å². The Hall–Kier alpha value is -2.83. The van der Waals surface area contributed by atoms with Crippen molar-refractivity contribution in [1.82, 2.24) is 0 Å². The minimum absolute atomic E-state index is 0.235. The van der Waals surface area contributed by atoms with Crippen LogP contribution in [0.4, 0.5) is 5.69 Å². The fourth-order valence-electron chi connectivity index (χ4n) is 3.75. The van der Waals surface area contributed by atoms with Gasteiger partial charge in [0, 0.05) is 10.6 Å². The van der Waals surface area contributed by atoms with Crippen molar-refractivity contribution in [3.8, 4) is 5.75 Å². The summed E-state index contributed by atoms with van der Waals surface area (Å²) in [4.78, 5) is 15.3. The lowest BCUT2D eigenvalue weighted by Gasteiger charge is -2.16. The van der Waals surface area contributed by atoms with E-state index in [1.54, 1.807) is 18.2 Å². The second-order valence-corrected chi connectivity index (χ2v) is 10.1. The number of fused-ring (bicyclic) bond motifs is 1. The van der Waals surface area contributed by atoms with Crippen molar-refractivity contribution in [3.05, 3.63) is 111 Å². The number of carbonyl (C=O) groups excluding carboxylic acids is 1. The summed E-state index contributed by atoms with van der Waals surface area (Å²) in [6.07, 6.45) is 1.85. The third kappa shape index (κ3) is 4.57. The Morgan fingerprint density at radius 1 is 0.941 bits per heavy atom. The number of carbonyl (C=O) groups is 1. The molecule has 7 heteroatoms. The molecule has 3 nitrogen and oxygen atoms in total. The summed E-state index contributed by atoms with van der Waals surface area (Å²) >= 11 is 19.2. The van der Waals surface area contributed by atoms with E-state index in [0.717, 1.165) is 21.9 Å². The normalized spacial score (nSPS) is 14.9. The Bertz CT molecular complexity index is 1450. The van der Waals surface area contributed by atoms with Crippen LogP contribution in [0, 0.1) is 0 Å². The molecule has 0 spiro atoms. The maximum Gasteiger partial charge on any atom is 0.270 e. The molecule has 0 atom stereocenters. The van der Waals surface area contributed by atoms with Crippen molar-refractivity contribution in [2.24, 2.45) is 0 Å². The van der Waals surface area contributed by atoms with E-state index in [1.165, 1.54) is 16.7 Å². The molecule has 0 radical (unpaired) electrons. The Morgan fingerprint density at radius 3 is 2.50 bits per heavy atom. The second-order valence-electron chi connectivity index (χ2n) is 7.59. The first-order valence-corrected chi connectivity index (χ1v) is 12.4. The van der Waals surface area contributed by atoms with Gasteiger partial charge < -0.3 is 4.74 Å². The highest BCUT2D eigenvalue weighted by Gasteiger charge is 2.34. The predicted molar refractivity (Wildman–Crippen MR) is 147 cm³/mol. The van der Waals surface area contributed by atoms with Crippen LogP contribution in [0.2, 0.25) is 10.0 Å². The van der Waals surface area contributed by atoms with Gasteiger partial charge in [0.2, 0.25) is 0 Å². The first kappa shape index (κ1) is 22.9. The highest BCUT2D eigenvalue weighted by molar-refractivity contribution is 8.27. The van der Waals surface area contributed by atoms with Gasteiger partial charge >= 0.3 is 0 Å². The van der Waals surface area contributed by atoms with E-state index in [2.05, 4.69) is 0 Å². The fraction of sp³-hybridized carbons (Fsp3) is 0.0370. The molecule has 1 fully saturated rings. The van der Waals surface area contributed by atoms with E-state index in [-0.39, 0.29) is 5.91 Å². The number of thiocarbonyl (C=S) groups is 1. The molecule has 5 rings (SSSR count). The minimum atomic E-state index is -0.235. The number of thioether (sulfide) groups is 1. The largest absolute Gasteiger partial charge is 0.488 e. The first-order chi connectivity index (χ1) is 16.5. The molecular weight excluding hydrogens is 505 g/mol. The van der Waals surface area contributed by atoms with Gasteiger partial charge in [-0.3, -0.25) is 9.69 Å². The molecule has 1 aliphatic rings. The third-order valence-electron chi connectivity index (χ3n) is 5.39. The van der Waals surface area contributed by atoms with Gasteiger partial charge in [0.1, 0.15) is 12.4 Å². The maximum absolute atomic E-state index is 13.4. The van der Waals surface area contributed by atoms with Crippen LogP contribution in [0.1, 0.15) is 11.1 Å². The smallest absolute Gasteiger partial charge is 0.270 e. The highest BCUT2D eigenvalue weighted by Crippen LogP contribution is 2.41. The number of halogens is 2. The van der Waals surface area contributed by atoms with Gasteiger partial charge in [-0.15, -0.1) is 0 Å². The van der Waals surface area contributed by atoms with Gasteiger partial charge in [0.25, 0.3) is 5.91 Å². The van der Waals surface area contributed by atoms with Gasteiger partial charge in [-0.1, -0.05) is 108 Å². The van der Waals surface area contributed by atoms with E-state index < -0.39 is 0 Å².